The Kier molecular flexibility index (Phi) is 4.47. The molecule has 0 aromatic rings. The third-order valence-electron chi connectivity index (χ3n) is 1.33. The highest BCUT2D eigenvalue weighted by molar-refractivity contribution is 7.98. The Balaban J connectivity index is 3.69. The fourth-order valence-electron chi connectivity index (χ4n) is 0.610. The largest absolute Gasteiger partial charge is 0.480 e. The Morgan fingerprint density at radius 1 is 1.80 bits per heavy atom. The van der Waals surface area contributed by atoms with Crippen LogP contribution in [0.5, 0.6) is 0 Å². The van der Waals surface area contributed by atoms with E-state index in [1.165, 1.54) is 0 Å². The van der Waals surface area contributed by atoms with Crippen molar-refractivity contribution in [3.63, 3.8) is 0 Å². The van der Waals surface area contributed by atoms with E-state index in [9.17, 15) is 4.79 Å². The molecule has 0 spiro atoms. The molecule has 0 aromatic carbocycles. The van der Waals surface area contributed by atoms with E-state index < -0.39 is 12.0 Å². The molecule has 0 bridgehead atoms. The molecular weight excluding hydrogens is 150 g/mol. The van der Waals surface area contributed by atoms with E-state index in [4.69, 9.17) is 10.8 Å². The van der Waals surface area contributed by atoms with Gasteiger partial charge in [-0.3, -0.25) is 4.79 Å². The molecule has 3 nitrogen and oxygen atoms in total. The van der Waals surface area contributed by atoms with Crippen LogP contribution in [0, 0.1) is 5.92 Å². The van der Waals surface area contributed by atoms with Crippen LogP contribution in [0.4, 0.5) is 0 Å². The van der Waals surface area contributed by atoms with Gasteiger partial charge in [0.15, 0.2) is 0 Å². The quantitative estimate of drug-likeness (QED) is 0.629. The van der Waals surface area contributed by atoms with Crippen LogP contribution in [-0.4, -0.2) is 29.1 Å². The molecule has 0 aliphatic heterocycles. The maximum absolute atomic E-state index is 10.3. The zero-order valence-electron chi connectivity index (χ0n) is 6.20. The zero-order valence-corrected chi connectivity index (χ0v) is 7.02. The molecule has 2 atom stereocenters. The molecule has 0 saturated heterocycles. The van der Waals surface area contributed by atoms with Crippen molar-refractivity contribution in [2.24, 2.45) is 11.7 Å². The van der Waals surface area contributed by atoms with E-state index >= 15 is 0 Å². The molecular formula is C6H13NO2S. The van der Waals surface area contributed by atoms with Gasteiger partial charge in [-0.05, 0) is 17.9 Å². The van der Waals surface area contributed by atoms with Crippen LogP contribution in [0.15, 0.2) is 0 Å². The number of nitrogens with two attached hydrogens (primary N) is 1. The minimum absolute atomic E-state index is 0.0486. The molecule has 0 radical (unpaired) electrons. The standard InChI is InChI=1S/C6H13NO2S/c1-4(3-10-2)5(7)6(8)9/h4-5H,3,7H2,1-2H3,(H,8,9)/t4?,5-/m1/s1. The molecule has 60 valence electrons. The van der Waals surface area contributed by atoms with Crippen LogP contribution in [0.2, 0.25) is 0 Å². The minimum Gasteiger partial charge on any atom is -0.480 e. The summed E-state index contributed by atoms with van der Waals surface area (Å²) in [6.45, 7) is 1.84. The van der Waals surface area contributed by atoms with Crippen LogP contribution in [0.25, 0.3) is 0 Å². The van der Waals surface area contributed by atoms with Crippen molar-refractivity contribution in [1.29, 1.82) is 0 Å². The summed E-state index contributed by atoms with van der Waals surface area (Å²) in [5.41, 5.74) is 5.33. The predicted octanol–water partition coefficient (Wildman–Crippen LogP) is 0.397. The lowest BCUT2D eigenvalue weighted by atomic mass is 10.1. The Labute approximate surface area is 65.0 Å². The van der Waals surface area contributed by atoms with Crippen molar-refractivity contribution >= 4 is 17.7 Å². The van der Waals surface area contributed by atoms with Gasteiger partial charge >= 0.3 is 5.97 Å². The SMILES string of the molecule is CSCC(C)[C@@H](N)C(=O)O. The Morgan fingerprint density at radius 2 is 2.30 bits per heavy atom. The van der Waals surface area contributed by atoms with Gasteiger partial charge in [0.05, 0.1) is 0 Å². The number of hydrogen-bond acceptors (Lipinski definition) is 3. The van der Waals surface area contributed by atoms with E-state index in [1.54, 1.807) is 11.8 Å². The monoisotopic (exact) mass is 163 g/mol. The van der Waals surface area contributed by atoms with E-state index in [0.717, 1.165) is 5.75 Å². The second kappa shape index (κ2) is 4.57. The number of aliphatic carboxylic acids is 1. The molecule has 10 heavy (non-hydrogen) atoms. The van der Waals surface area contributed by atoms with Crippen molar-refractivity contribution in [3.05, 3.63) is 0 Å². The number of hydrogen-bond donors (Lipinski definition) is 2. The Bertz CT molecular complexity index is 118. The number of thioether (sulfide) groups is 1. The van der Waals surface area contributed by atoms with Crippen molar-refractivity contribution in [1.82, 2.24) is 0 Å². The molecule has 0 aliphatic carbocycles. The molecule has 1 unspecified atom stereocenters. The Morgan fingerprint density at radius 3 is 2.60 bits per heavy atom. The summed E-state index contributed by atoms with van der Waals surface area (Å²) in [6.07, 6.45) is 1.94. The van der Waals surface area contributed by atoms with Crippen LogP contribution < -0.4 is 5.73 Å². The van der Waals surface area contributed by atoms with Gasteiger partial charge in [-0.25, -0.2) is 0 Å². The maximum atomic E-state index is 10.3. The summed E-state index contributed by atoms with van der Waals surface area (Å²) >= 11 is 1.61. The predicted molar refractivity (Wildman–Crippen MR) is 43.2 cm³/mol. The summed E-state index contributed by atoms with van der Waals surface area (Å²) in [5, 5.41) is 8.44. The molecule has 3 N–H and O–H groups in total. The van der Waals surface area contributed by atoms with E-state index in [1.807, 2.05) is 13.2 Å². The van der Waals surface area contributed by atoms with E-state index in [0.29, 0.717) is 0 Å². The van der Waals surface area contributed by atoms with Crippen LogP contribution >= 0.6 is 11.8 Å². The molecule has 0 saturated carbocycles. The summed E-state index contributed by atoms with van der Waals surface area (Å²) < 4.78 is 0. The van der Waals surface area contributed by atoms with Gasteiger partial charge in [-0.2, -0.15) is 11.8 Å². The molecule has 0 aliphatic rings. The van der Waals surface area contributed by atoms with Crippen molar-refractivity contribution in [3.8, 4) is 0 Å². The van der Waals surface area contributed by atoms with Crippen molar-refractivity contribution < 1.29 is 9.90 Å². The van der Waals surface area contributed by atoms with Crippen LogP contribution in [0.1, 0.15) is 6.92 Å². The zero-order chi connectivity index (χ0) is 8.15. The Hall–Kier alpha value is -0.220. The molecule has 0 rings (SSSR count). The first-order valence-corrected chi connectivity index (χ1v) is 4.46. The fourth-order valence-corrected chi connectivity index (χ4v) is 1.34. The number of carboxylic acid groups (broad SMARTS) is 1. The van der Waals surface area contributed by atoms with Gasteiger partial charge in [-0.1, -0.05) is 6.92 Å². The van der Waals surface area contributed by atoms with Crippen LogP contribution in [0.3, 0.4) is 0 Å². The van der Waals surface area contributed by atoms with Crippen LogP contribution in [-0.2, 0) is 4.79 Å². The number of carbonyl (C=O) groups is 1. The molecule has 4 heteroatoms. The summed E-state index contributed by atoms with van der Waals surface area (Å²) in [4.78, 5) is 10.3. The number of carboxylic acids is 1. The van der Waals surface area contributed by atoms with Gasteiger partial charge in [0.1, 0.15) is 6.04 Å². The van der Waals surface area contributed by atoms with Crippen molar-refractivity contribution in [2.45, 2.75) is 13.0 Å². The highest BCUT2D eigenvalue weighted by Gasteiger charge is 2.18. The third kappa shape index (κ3) is 3.08. The second-order valence-electron chi connectivity index (χ2n) is 2.30. The topological polar surface area (TPSA) is 63.3 Å². The maximum Gasteiger partial charge on any atom is 0.320 e. The average molecular weight is 163 g/mol. The second-order valence-corrected chi connectivity index (χ2v) is 3.21. The first kappa shape index (κ1) is 9.78. The fraction of sp³-hybridized carbons (Fsp3) is 0.833. The normalized spacial score (nSPS) is 16.3. The van der Waals surface area contributed by atoms with Gasteiger partial charge < -0.3 is 10.8 Å². The smallest absolute Gasteiger partial charge is 0.320 e. The molecule has 0 amide bonds. The summed E-state index contributed by atoms with van der Waals surface area (Å²) in [6, 6.07) is -0.715. The first-order valence-electron chi connectivity index (χ1n) is 3.07. The third-order valence-corrected chi connectivity index (χ3v) is 2.19. The van der Waals surface area contributed by atoms with E-state index in [-0.39, 0.29) is 5.92 Å². The van der Waals surface area contributed by atoms with Crippen molar-refractivity contribution in [2.75, 3.05) is 12.0 Å². The average Bonchev–Trinajstić information content (AvgIpc) is 1.87. The molecule has 0 aromatic heterocycles. The summed E-state index contributed by atoms with van der Waals surface area (Å²) in [5.74, 6) is -0.0675. The minimum atomic E-state index is -0.915. The molecule has 0 fully saturated rings. The van der Waals surface area contributed by atoms with Gasteiger partial charge in [0.25, 0.3) is 0 Å². The van der Waals surface area contributed by atoms with Gasteiger partial charge in [0, 0.05) is 0 Å². The first-order chi connectivity index (χ1) is 4.59. The van der Waals surface area contributed by atoms with Gasteiger partial charge in [-0.15, -0.1) is 0 Å². The highest BCUT2D eigenvalue weighted by atomic mass is 32.2. The summed E-state index contributed by atoms with van der Waals surface area (Å²) in [7, 11) is 0. The highest BCUT2D eigenvalue weighted by Crippen LogP contribution is 2.07. The lowest BCUT2D eigenvalue weighted by Crippen LogP contribution is -2.37. The number of rotatable bonds is 4. The van der Waals surface area contributed by atoms with Gasteiger partial charge in [0.2, 0.25) is 0 Å². The van der Waals surface area contributed by atoms with E-state index in [2.05, 4.69) is 0 Å². The molecule has 0 heterocycles. The lowest BCUT2D eigenvalue weighted by Gasteiger charge is -2.13. The lowest BCUT2D eigenvalue weighted by molar-refractivity contribution is -0.139.